The van der Waals surface area contributed by atoms with Gasteiger partial charge in [0.15, 0.2) is 0 Å². The van der Waals surface area contributed by atoms with Gasteiger partial charge in [0.25, 0.3) is 0 Å². The molecule has 0 radical (unpaired) electrons. The average Bonchev–Trinajstić information content (AvgIpc) is 3.60. The second-order valence-electron chi connectivity index (χ2n) is 13.7. The van der Waals surface area contributed by atoms with Crippen molar-refractivity contribution in [3.05, 3.63) is 188 Å². The second kappa shape index (κ2) is 11.3. The van der Waals surface area contributed by atoms with Gasteiger partial charge in [0, 0.05) is 32.9 Å². The predicted molar refractivity (Wildman–Crippen MR) is 221 cm³/mol. The molecule has 0 bridgehead atoms. The summed E-state index contributed by atoms with van der Waals surface area (Å²) in [7, 11) is 0. The molecule has 52 heavy (non-hydrogen) atoms. The Morgan fingerprint density at radius 2 is 0.885 bits per heavy atom. The Bertz CT molecular complexity index is 3190. The van der Waals surface area contributed by atoms with Gasteiger partial charge in [0.2, 0.25) is 0 Å². The Balaban J connectivity index is 1.13. The lowest BCUT2D eigenvalue weighted by Gasteiger charge is -2.27. The number of anilines is 3. The molecule has 0 fully saturated rings. The first-order valence-electron chi connectivity index (χ1n) is 17.8. The van der Waals surface area contributed by atoms with Crippen LogP contribution in [0.25, 0.3) is 86.9 Å². The normalized spacial score (nSPS) is 11.8. The zero-order valence-corrected chi connectivity index (χ0v) is 28.3. The number of hydrogen-bond donors (Lipinski definition) is 0. The van der Waals surface area contributed by atoms with Gasteiger partial charge in [0.05, 0.1) is 5.69 Å². The molecule has 11 aromatic rings. The molecule has 2 heteroatoms. The van der Waals surface area contributed by atoms with Gasteiger partial charge in [0.1, 0.15) is 11.2 Å². The first-order valence-corrected chi connectivity index (χ1v) is 17.8. The van der Waals surface area contributed by atoms with E-state index >= 15 is 0 Å². The molecule has 0 aliphatic heterocycles. The maximum atomic E-state index is 6.52. The summed E-state index contributed by atoms with van der Waals surface area (Å²) in [5, 5.41) is 14.6. The largest absolute Gasteiger partial charge is 0.455 e. The zero-order chi connectivity index (χ0) is 34.2. The van der Waals surface area contributed by atoms with Crippen LogP contribution in [0.15, 0.2) is 192 Å². The first-order chi connectivity index (χ1) is 25.8. The van der Waals surface area contributed by atoms with Gasteiger partial charge in [-0.05, 0) is 103 Å². The van der Waals surface area contributed by atoms with Gasteiger partial charge in [-0.2, -0.15) is 0 Å². The predicted octanol–water partition coefficient (Wildman–Crippen LogP) is 14.5. The van der Waals surface area contributed by atoms with Crippen LogP contribution in [-0.4, -0.2) is 0 Å². The van der Waals surface area contributed by atoms with Crippen LogP contribution < -0.4 is 4.90 Å². The molecule has 0 atom stereocenters. The lowest BCUT2D eigenvalue weighted by Crippen LogP contribution is -2.10. The SMILES string of the molecule is c1ccc2c(c1)ccc1cc(N(c3ccc(-c4cc5ccccc5c5ccccc45)cc3)c3cccc4c3ccc3c5ccccc5oc43)ccc12. The van der Waals surface area contributed by atoms with Gasteiger partial charge in [-0.25, -0.2) is 0 Å². The molecule has 0 aliphatic carbocycles. The first kappa shape index (κ1) is 28.9. The fraction of sp³-hybridized carbons (Fsp3) is 0. The fourth-order valence-electron chi connectivity index (χ4n) is 8.37. The summed E-state index contributed by atoms with van der Waals surface area (Å²) in [6.07, 6.45) is 0. The van der Waals surface area contributed by atoms with E-state index in [1.54, 1.807) is 0 Å². The zero-order valence-electron chi connectivity index (χ0n) is 28.3. The molecule has 0 aliphatic rings. The number of furan rings is 1. The third-order valence-corrected chi connectivity index (χ3v) is 10.8. The van der Waals surface area contributed by atoms with E-state index in [2.05, 4.69) is 187 Å². The monoisotopic (exact) mass is 661 g/mol. The smallest absolute Gasteiger partial charge is 0.143 e. The molecule has 0 saturated heterocycles. The Kier molecular flexibility index (Phi) is 6.28. The summed E-state index contributed by atoms with van der Waals surface area (Å²) in [5.74, 6) is 0. The van der Waals surface area contributed by atoms with Crippen LogP contribution in [0.1, 0.15) is 0 Å². The molecular weight excluding hydrogens is 631 g/mol. The standard InChI is InChI=1S/C50H31NO/c1-3-12-38-32(10-1)20-21-35-30-37(26-27-40(35)38)51(48-18-9-17-45-43(48)28-29-46-44-16-7-8-19-49(44)52-50(45)46)36-24-22-33(23-25-36)47-31-34-11-2-4-13-39(34)41-14-5-6-15-42(41)47/h1-31H. The number of benzene rings is 10. The van der Waals surface area contributed by atoms with Crippen molar-refractivity contribution in [2.24, 2.45) is 0 Å². The molecule has 0 spiro atoms. The fourth-order valence-corrected chi connectivity index (χ4v) is 8.37. The van der Waals surface area contributed by atoms with Crippen molar-refractivity contribution < 1.29 is 4.42 Å². The third kappa shape index (κ3) is 4.38. The Morgan fingerprint density at radius 3 is 1.73 bits per heavy atom. The van der Waals surface area contributed by atoms with Crippen molar-refractivity contribution in [1.82, 2.24) is 0 Å². The molecule has 1 aromatic heterocycles. The minimum Gasteiger partial charge on any atom is -0.455 e. The van der Waals surface area contributed by atoms with Crippen LogP contribution in [-0.2, 0) is 0 Å². The van der Waals surface area contributed by atoms with Gasteiger partial charge >= 0.3 is 0 Å². The Labute approximate surface area is 300 Å². The summed E-state index contributed by atoms with van der Waals surface area (Å²) in [5.41, 5.74) is 7.55. The van der Waals surface area contributed by atoms with Crippen molar-refractivity contribution in [3.63, 3.8) is 0 Å². The lowest BCUT2D eigenvalue weighted by molar-refractivity contribution is 0.672. The van der Waals surface area contributed by atoms with E-state index in [1.807, 2.05) is 6.07 Å². The molecular formula is C50H31NO. The van der Waals surface area contributed by atoms with Crippen LogP contribution in [0.3, 0.4) is 0 Å². The number of nitrogens with zero attached hydrogens (tertiary/aromatic N) is 1. The molecule has 0 amide bonds. The van der Waals surface area contributed by atoms with E-state index in [1.165, 1.54) is 54.2 Å². The minimum atomic E-state index is 0.908. The molecule has 11 rings (SSSR count). The van der Waals surface area contributed by atoms with E-state index < -0.39 is 0 Å². The van der Waals surface area contributed by atoms with E-state index in [0.717, 1.165) is 49.8 Å². The quantitative estimate of drug-likeness (QED) is 0.175. The number of para-hydroxylation sites is 1. The summed E-state index contributed by atoms with van der Waals surface area (Å²) in [6, 6.07) is 68.1. The van der Waals surface area contributed by atoms with Crippen LogP contribution >= 0.6 is 0 Å². The number of rotatable bonds is 4. The molecule has 242 valence electrons. The van der Waals surface area contributed by atoms with E-state index in [0.29, 0.717) is 0 Å². The summed E-state index contributed by atoms with van der Waals surface area (Å²) in [4.78, 5) is 2.40. The van der Waals surface area contributed by atoms with Crippen molar-refractivity contribution in [3.8, 4) is 11.1 Å². The number of hydrogen-bond acceptors (Lipinski definition) is 2. The topological polar surface area (TPSA) is 16.4 Å². The highest BCUT2D eigenvalue weighted by atomic mass is 16.3. The van der Waals surface area contributed by atoms with Gasteiger partial charge in [-0.15, -0.1) is 0 Å². The molecule has 0 saturated carbocycles. The maximum Gasteiger partial charge on any atom is 0.143 e. The Hall–Kier alpha value is -6.90. The van der Waals surface area contributed by atoms with Crippen molar-refractivity contribution >= 4 is 92.9 Å². The van der Waals surface area contributed by atoms with Crippen LogP contribution in [0, 0.1) is 0 Å². The van der Waals surface area contributed by atoms with Crippen LogP contribution in [0.5, 0.6) is 0 Å². The molecule has 2 nitrogen and oxygen atoms in total. The number of fused-ring (bicyclic) bond motifs is 11. The summed E-state index contributed by atoms with van der Waals surface area (Å²) < 4.78 is 6.52. The van der Waals surface area contributed by atoms with E-state index in [9.17, 15) is 0 Å². The van der Waals surface area contributed by atoms with Crippen molar-refractivity contribution in [1.29, 1.82) is 0 Å². The van der Waals surface area contributed by atoms with Gasteiger partial charge < -0.3 is 9.32 Å². The third-order valence-electron chi connectivity index (χ3n) is 10.8. The van der Waals surface area contributed by atoms with Gasteiger partial charge in [-0.1, -0.05) is 140 Å². The lowest BCUT2D eigenvalue weighted by atomic mass is 9.93. The van der Waals surface area contributed by atoms with E-state index in [4.69, 9.17) is 4.42 Å². The molecule has 10 aromatic carbocycles. The summed E-state index contributed by atoms with van der Waals surface area (Å²) in [6.45, 7) is 0. The average molecular weight is 662 g/mol. The maximum absolute atomic E-state index is 6.52. The molecule has 0 N–H and O–H groups in total. The van der Waals surface area contributed by atoms with Crippen LogP contribution in [0.4, 0.5) is 17.1 Å². The molecule has 0 unspecified atom stereocenters. The highest BCUT2D eigenvalue weighted by Gasteiger charge is 2.19. The highest BCUT2D eigenvalue weighted by Crippen LogP contribution is 2.44. The second-order valence-corrected chi connectivity index (χ2v) is 13.7. The summed E-state index contributed by atoms with van der Waals surface area (Å²) >= 11 is 0. The Morgan fingerprint density at radius 1 is 0.327 bits per heavy atom. The van der Waals surface area contributed by atoms with Gasteiger partial charge in [-0.3, -0.25) is 0 Å². The van der Waals surface area contributed by atoms with Crippen molar-refractivity contribution in [2.75, 3.05) is 4.90 Å². The molecule has 1 heterocycles. The van der Waals surface area contributed by atoms with Crippen molar-refractivity contribution in [2.45, 2.75) is 0 Å². The van der Waals surface area contributed by atoms with E-state index in [-0.39, 0.29) is 0 Å². The minimum absolute atomic E-state index is 0.908. The highest BCUT2D eigenvalue weighted by molar-refractivity contribution is 6.18. The van der Waals surface area contributed by atoms with Crippen LogP contribution in [0.2, 0.25) is 0 Å².